The van der Waals surface area contributed by atoms with E-state index in [1.807, 2.05) is 23.9 Å². The Balaban J connectivity index is 1.91. The van der Waals surface area contributed by atoms with Gasteiger partial charge in [-0.05, 0) is 37.8 Å². The van der Waals surface area contributed by atoms with Gasteiger partial charge in [-0.25, -0.2) is 4.98 Å². The maximum absolute atomic E-state index is 8.67. The molecule has 1 aromatic rings. The van der Waals surface area contributed by atoms with E-state index in [0.29, 0.717) is 16.9 Å². The van der Waals surface area contributed by atoms with Crippen molar-refractivity contribution in [3.63, 3.8) is 0 Å². The third-order valence-electron chi connectivity index (χ3n) is 2.87. The Kier molecular flexibility index (Phi) is 3.81. The lowest BCUT2D eigenvalue weighted by atomic mass is 9.96. The summed E-state index contributed by atoms with van der Waals surface area (Å²) < 4.78 is 0. The van der Waals surface area contributed by atoms with Crippen LogP contribution in [0.2, 0.25) is 0 Å². The van der Waals surface area contributed by atoms with Gasteiger partial charge >= 0.3 is 0 Å². The van der Waals surface area contributed by atoms with E-state index in [0.717, 1.165) is 17.9 Å². The molecule has 0 atom stereocenters. The number of thioether (sulfide) groups is 1. The van der Waals surface area contributed by atoms with Crippen molar-refractivity contribution in [1.82, 2.24) is 4.98 Å². The number of pyridine rings is 1. The van der Waals surface area contributed by atoms with Gasteiger partial charge in [0, 0.05) is 17.5 Å². The van der Waals surface area contributed by atoms with Crippen LogP contribution in [0.5, 0.6) is 0 Å². The molecule has 1 aliphatic rings. The fourth-order valence-electron chi connectivity index (χ4n) is 1.89. The van der Waals surface area contributed by atoms with Crippen molar-refractivity contribution in [2.45, 2.75) is 42.0 Å². The molecule has 2 N–H and O–H groups in total. The van der Waals surface area contributed by atoms with Gasteiger partial charge in [0.1, 0.15) is 6.07 Å². The first-order valence-electron chi connectivity index (χ1n) is 5.56. The molecule has 0 unspecified atom stereocenters. The molecule has 0 amide bonds. The number of hydrogen-bond donors (Lipinski definition) is 1. The molecule has 1 aliphatic carbocycles. The molecule has 0 bridgehead atoms. The van der Waals surface area contributed by atoms with Crippen molar-refractivity contribution in [2.24, 2.45) is 5.73 Å². The molecule has 0 spiro atoms. The topological polar surface area (TPSA) is 62.7 Å². The van der Waals surface area contributed by atoms with E-state index in [-0.39, 0.29) is 0 Å². The van der Waals surface area contributed by atoms with Gasteiger partial charge in [0.2, 0.25) is 0 Å². The number of nitrogens with two attached hydrogens (primary N) is 1. The molecule has 0 saturated heterocycles. The summed E-state index contributed by atoms with van der Waals surface area (Å²) >= 11 is 1.81. The Morgan fingerprint density at radius 1 is 1.31 bits per heavy atom. The van der Waals surface area contributed by atoms with E-state index in [1.54, 1.807) is 6.20 Å². The Labute approximate surface area is 100 Å². The summed E-state index contributed by atoms with van der Waals surface area (Å²) in [6.07, 6.45) is 6.22. The van der Waals surface area contributed by atoms with Crippen LogP contribution in [-0.4, -0.2) is 16.3 Å². The predicted molar refractivity (Wildman–Crippen MR) is 65.0 cm³/mol. The van der Waals surface area contributed by atoms with Crippen LogP contribution >= 0.6 is 11.8 Å². The zero-order chi connectivity index (χ0) is 11.4. The Morgan fingerprint density at radius 2 is 2.06 bits per heavy atom. The van der Waals surface area contributed by atoms with Crippen LogP contribution < -0.4 is 5.73 Å². The second-order valence-electron chi connectivity index (χ2n) is 4.15. The van der Waals surface area contributed by atoms with Crippen molar-refractivity contribution in [1.29, 1.82) is 5.26 Å². The van der Waals surface area contributed by atoms with Crippen LogP contribution in [-0.2, 0) is 0 Å². The molecule has 1 fully saturated rings. The summed E-state index contributed by atoms with van der Waals surface area (Å²) in [4.78, 5) is 4.27. The predicted octanol–water partition coefficient (Wildman–Crippen LogP) is 2.32. The summed E-state index contributed by atoms with van der Waals surface area (Å²) in [5.41, 5.74) is 6.49. The number of hydrogen-bond acceptors (Lipinski definition) is 4. The summed E-state index contributed by atoms with van der Waals surface area (Å²) in [6, 6.07) is 6.22. The van der Waals surface area contributed by atoms with Gasteiger partial charge in [-0.2, -0.15) is 5.26 Å². The van der Waals surface area contributed by atoms with Gasteiger partial charge in [-0.15, -0.1) is 11.8 Å². The van der Waals surface area contributed by atoms with E-state index in [2.05, 4.69) is 11.1 Å². The Hall–Kier alpha value is -1.05. The molecule has 4 heteroatoms. The molecule has 1 aromatic heterocycles. The third-order valence-corrected chi connectivity index (χ3v) is 4.16. The van der Waals surface area contributed by atoms with Crippen molar-refractivity contribution < 1.29 is 0 Å². The first-order valence-corrected chi connectivity index (χ1v) is 6.44. The van der Waals surface area contributed by atoms with Crippen molar-refractivity contribution in [3.8, 4) is 6.07 Å². The van der Waals surface area contributed by atoms with Gasteiger partial charge in [-0.1, -0.05) is 0 Å². The van der Waals surface area contributed by atoms with Crippen LogP contribution in [0.1, 0.15) is 31.2 Å². The molecule has 84 valence electrons. The normalized spacial score (nSPS) is 25.0. The van der Waals surface area contributed by atoms with Gasteiger partial charge in [-0.3, -0.25) is 0 Å². The largest absolute Gasteiger partial charge is 0.328 e. The number of nitriles is 1. The van der Waals surface area contributed by atoms with Crippen LogP contribution in [0.25, 0.3) is 0 Å². The number of aromatic nitrogens is 1. The fraction of sp³-hybridized carbons (Fsp3) is 0.500. The first kappa shape index (κ1) is 11.4. The molecule has 0 aliphatic heterocycles. The molecule has 0 radical (unpaired) electrons. The SMILES string of the molecule is N#Cc1ccc(S[C@H]2CC[C@@H](N)CC2)nc1. The Bertz CT molecular complexity index is 374. The van der Waals surface area contributed by atoms with E-state index in [4.69, 9.17) is 11.0 Å². The summed E-state index contributed by atoms with van der Waals surface area (Å²) in [7, 11) is 0. The minimum atomic E-state index is 0.394. The minimum absolute atomic E-state index is 0.394. The van der Waals surface area contributed by atoms with Crippen LogP contribution in [0.4, 0.5) is 0 Å². The number of nitrogens with zero attached hydrogens (tertiary/aromatic N) is 2. The molecule has 2 rings (SSSR count). The van der Waals surface area contributed by atoms with E-state index in [1.165, 1.54) is 12.8 Å². The first-order chi connectivity index (χ1) is 7.78. The lowest BCUT2D eigenvalue weighted by molar-refractivity contribution is 0.450. The molecular formula is C12H15N3S. The maximum atomic E-state index is 8.67. The summed E-state index contributed by atoms with van der Waals surface area (Å²) in [5.74, 6) is 0. The average Bonchev–Trinajstić information content (AvgIpc) is 2.33. The van der Waals surface area contributed by atoms with Gasteiger partial charge < -0.3 is 5.73 Å². The minimum Gasteiger partial charge on any atom is -0.328 e. The number of rotatable bonds is 2. The fourth-order valence-corrected chi connectivity index (χ4v) is 3.00. The summed E-state index contributed by atoms with van der Waals surface area (Å²) in [5, 5.41) is 10.3. The Morgan fingerprint density at radius 3 is 2.62 bits per heavy atom. The molecule has 16 heavy (non-hydrogen) atoms. The zero-order valence-corrected chi connectivity index (χ0v) is 9.91. The smallest absolute Gasteiger partial charge is 0.101 e. The van der Waals surface area contributed by atoms with Gasteiger partial charge in [0.05, 0.1) is 10.6 Å². The lowest BCUT2D eigenvalue weighted by Gasteiger charge is -2.25. The van der Waals surface area contributed by atoms with Gasteiger partial charge in [0.25, 0.3) is 0 Å². The lowest BCUT2D eigenvalue weighted by Crippen LogP contribution is -2.27. The third kappa shape index (κ3) is 2.97. The van der Waals surface area contributed by atoms with Crippen molar-refractivity contribution in [2.75, 3.05) is 0 Å². The summed E-state index contributed by atoms with van der Waals surface area (Å²) in [6.45, 7) is 0. The molecular weight excluding hydrogens is 218 g/mol. The van der Waals surface area contributed by atoms with E-state index in [9.17, 15) is 0 Å². The average molecular weight is 233 g/mol. The maximum Gasteiger partial charge on any atom is 0.101 e. The van der Waals surface area contributed by atoms with Crippen molar-refractivity contribution >= 4 is 11.8 Å². The monoisotopic (exact) mass is 233 g/mol. The second-order valence-corrected chi connectivity index (χ2v) is 5.47. The van der Waals surface area contributed by atoms with Crippen LogP contribution in [0.3, 0.4) is 0 Å². The van der Waals surface area contributed by atoms with Gasteiger partial charge in [0.15, 0.2) is 0 Å². The van der Waals surface area contributed by atoms with Crippen LogP contribution in [0.15, 0.2) is 23.4 Å². The zero-order valence-electron chi connectivity index (χ0n) is 9.10. The highest BCUT2D eigenvalue weighted by Gasteiger charge is 2.19. The molecule has 1 heterocycles. The highest BCUT2D eigenvalue weighted by Crippen LogP contribution is 2.32. The van der Waals surface area contributed by atoms with E-state index >= 15 is 0 Å². The molecule has 1 saturated carbocycles. The standard InChI is InChI=1S/C12H15N3S/c13-7-9-1-6-12(15-8-9)16-11-4-2-10(14)3-5-11/h1,6,8,10-11H,2-5,14H2/t10-,11+. The second kappa shape index (κ2) is 5.33. The quantitative estimate of drug-likeness (QED) is 0.851. The highest BCUT2D eigenvalue weighted by molar-refractivity contribution is 7.99. The molecule has 0 aromatic carbocycles. The van der Waals surface area contributed by atoms with Crippen LogP contribution in [0, 0.1) is 11.3 Å². The van der Waals surface area contributed by atoms with E-state index < -0.39 is 0 Å². The highest BCUT2D eigenvalue weighted by atomic mass is 32.2. The molecule has 3 nitrogen and oxygen atoms in total. The van der Waals surface area contributed by atoms with Crippen molar-refractivity contribution in [3.05, 3.63) is 23.9 Å².